The van der Waals surface area contributed by atoms with Crippen molar-refractivity contribution in [3.63, 3.8) is 0 Å². The fourth-order valence-electron chi connectivity index (χ4n) is 3.04. The molecule has 3 heteroatoms. The second-order valence-electron chi connectivity index (χ2n) is 7.21. The highest BCUT2D eigenvalue weighted by Crippen LogP contribution is 2.35. The van der Waals surface area contributed by atoms with E-state index in [0.29, 0.717) is 30.2 Å². The third-order valence-corrected chi connectivity index (χ3v) is 4.41. The molecule has 3 nitrogen and oxygen atoms in total. The Hall–Kier alpha value is -0.570. The van der Waals surface area contributed by atoms with Gasteiger partial charge in [0.25, 0.3) is 0 Å². The minimum atomic E-state index is -0.0847. The summed E-state index contributed by atoms with van der Waals surface area (Å²) in [5.74, 6) is 2.39. The molecule has 0 aromatic heterocycles. The largest absolute Gasteiger partial charge is 0.461 e. The molecule has 0 saturated heterocycles. The Balaban J connectivity index is 2.33. The van der Waals surface area contributed by atoms with Crippen molar-refractivity contribution in [1.29, 1.82) is 0 Å². The number of rotatable bonds is 7. The molecule has 0 bridgehead atoms. The zero-order valence-corrected chi connectivity index (χ0v) is 13.9. The Kier molecular flexibility index (Phi) is 7.57. The first-order valence-electron chi connectivity index (χ1n) is 8.30. The summed E-state index contributed by atoms with van der Waals surface area (Å²) in [4.78, 5) is 11.9. The molecule has 118 valence electrons. The molecule has 1 fully saturated rings. The standard InChI is InChI=1S/C17H33NO2/c1-12(2)8-9-18-11-17(19)20-16-10-14(5)6-7-15(16)13(3)4/h12-16,18H,6-11H2,1-5H3/t14-,15+,16-/m1/s1. The lowest BCUT2D eigenvalue weighted by molar-refractivity contribution is -0.154. The molecule has 3 atom stereocenters. The van der Waals surface area contributed by atoms with Gasteiger partial charge in [0.2, 0.25) is 0 Å². The maximum Gasteiger partial charge on any atom is 0.320 e. The number of ether oxygens (including phenoxy) is 1. The summed E-state index contributed by atoms with van der Waals surface area (Å²) in [6, 6.07) is 0. The summed E-state index contributed by atoms with van der Waals surface area (Å²) in [6.07, 6.45) is 4.71. The Morgan fingerprint density at radius 3 is 2.55 bits per heavy atom. The van der Waals surface area contributed by atoms with Gasteiger partial charge in [0.05, 0.1) is 6.54 Å². The molecule has 0 spiro atoms. The van der Waals surface area contributed by atoms with Crippen LogP contribution in [0, 0.1) is 23.7 Å². The Morgan fingerprint density at radius 2 is 1.95 bits per heavy atom. The lowest BCUT2D eigenvalue weighted by Gasteiger charge is -2.36. The van der Waals surface area contributed by atoms with E-state index >= 15 is 0 Å². The van der Waals surface area contributed by atoms with E-state index in [1.54, 1.807) is 0 Å². The van der Waals surface area contributed by atoms with E-state index in [1.807, 2.05) is 0 Å². The van der Waals surface area contributed by atoms with Gasteiger partial charge in [0.15, 0.2) is 0 Å². The van der Waals surface area contributed by atoms with E-state index in [-0.39, 0.29) is 12.1 Å². The average molecular weight is 283 g/mol. The molecular formula is C17H33NO2. The van der Waals surface area contributed by atoms with Gasteiger partial charge in [0.1, 0.15) is 6.10 Å². The number of carbonyl (C=O) groups excluding carboxylic acids is 1. The zero-order chi connectivity index (χ0) is 15.1. The number of esters is 1. The predicted molar refractivity (Wildman–Crippen MR) is 83.5 cm³/mol. The van der Waals surface area contributed by atoms with Crippen LogP contribution in [0.4, 0.5) is 0 Å². The Morgan fingerprint density at radius 1 is 1.25 bits per heavy atom. The lowest BCUT2D eigenvalue weighted by atomic mass is 9.75. The Labute approximate surface area is 124 Å². The normalized spacial score (nSPS) is 27.1. The van der Waals surface area contributed by atoms with Gasteiger partial charge < -0.3 is 10.1 Å². The SMILES string of the molecule is CC(C)CCNCC(=O)O[C@@H]1C[C@H](C)CC[C@H]1C(C)C. The van der Waals surface area contributed by atoms with Gasteiger partial charge in [-0.05, 0) is 49.5 Å². The molecule has 0 unspecified atom stereocenters. The van der Waals surface area contributed by atoms with Crippen LogP contribution in [0.3, 0.4) is 0 Å². The third-order valence-electron chi connectivity index (χ3n) is 4.41. The summed E-state index contributed by atoms with van der Waals surface area (Å²) < 4.78 is 5.74. The van der Waals surface area contributed by atoms with E-state index in [2.05, 4.69) is 39.9 Å². The number of hydrogen-bond acceptors (Lipinski definition) is 3. The van der Waals surface area contributed by atoms with E-state index in [9.17, 15) is 4.79 Å². The molecule has 1 rings (SSSR count). The van der Waals surface area contributed by atoms with Crippen LogP contribution in [0.15, 0.2) is 0 Å². The van der Waals surface area contributed by atoms with Crippen molar-refractivity contribution < 1.29 is 9.53 Å². The van der Waals surface area contributed by atoms with Crippen molar-refractivity contribution >= 4 is 5.97 Å². The fourth-order valence-corrected chi connectivity index (χ4v) is 3.04. The molecule has 0 heterocycles. The van der Waals surface area contributed by atoms with Crippen LogP contribution in [0.5, 0.6) is 0 Å². The number of nitrogens with one attached hydrogen (secondary N) is 1. The van der Waals surface area contributed by atoms with Gasteiger partial charge in [-0.15, -0.1) is 0 Å². The van der Waals surface area contributed by atoms with E-state index in [0.717, 1.165) is 19.4 Å². The van der Waals surface area contributed by atoms with Crippen LogP contribution in [-0.2, 0) is 9.53 Å². The number of carbonyl (C=O) groups is 1. The van der Waals surface area contributed by atoms with Gasteiger partial charge in [-0.1, -0.05) is 41.0 Å². The van der Waals surface area contributed by atoms with Crippen molar-refractivity contribution in [2.75, 3.05) is 13.1 Å². The molecule has 0 radical (unpaired) electrons. The average Bonchev–Trinajstić information content (AvgIpc) is 2.34. The molecular weight excluding hydrogens is 250 g/mol. The van der Waals surface area contributed by atoms with Crippen molar-refractivity contribution in [3.05, 3.63) is 0 Å². The molecule has 1 aliphatic carbocycles. The maximum atomic E-state index is 11.9. The van der Waals surface area contributed by atoms with Gasteiger partial charge in [0, 0.05) is 0 Å². The molecule has 20 heavy (non-hydrogen) atoms. The van der Waals surface area contributed by atoms with Crippen molar-refractivity contribution in [2.45, 2.75) is 66.4 Å². The highest BCUT2D eigenvalue weighted by atomic mass is 16.5. The van der Waals surface area contributed by atoms with Gasteiger partial charge in [-0.25, -0.2) is 0 Å². The first kappa shape index (κ1) is 17.5. The summed E-state index contributed by atoms with van der Waals surface area (Å²) in [7, 11) is 0. The third kappa shape index (κ3) is 6.25. The summed E-state index contributed by atoms with van der Waals surface area (Å²) in [5, 5.41) is 3.19. The number of hydrogen-bond donors (Lipinski definition) is 1. The molecule has 0 aromatic carbocycles. The minimum absolute atomic E-state index is 0.0847. The monoisotopic (exact) mass is 283 g/mol. The molecule has 0 aliphatic heterocycles. The minimum Gasteiger partial charge on any atom is -0.461 e. The van der Waals surface area contributed by atoms with Gasteiger partial charge in [-0.2, -0.15) is 0 Å². The van der Waals surface area contributed by atoms with Crippen LogP contribution >= 0.6 is 0 Å². The second-order valence-corrected chi connectivity index (χ2v) is 7.21. The predicted octanol–water partition coefficient (Wildman–Crippen LogP) is 3.63. The van der Waals surface area contributed by atoms with Gasteiger partial charge >= 0.3 is 5.97 Å². The summed E-state index contributed by atoms with van der Waals surface area (Å²) in [5.41, 5.74) is 0. The van der Waals surface area contributed by atoms with Crippen molar-refractivity contribution in [3.8, 4) is 0 Å². The lowest BCUT2D eigenvalue weighted by Crippen LogP contribution is -2.38. The quantitative estimate of drug-likeness (QED) is 0.573. The molecule has 1 N–H and O–H groups in total. The first-order valence-corrected chi connectivity index (χ1v) is 8.30. The molecule has 0 aromatic rings. The van der Waals surface area contributed by atoms with Crippen LogP contribution < -0.4 is 5.32 Å². The van der Waals surface area contributed by atoms with Crippen LogP contribution in [0.25, 0.3) is 0 Å². The van der Waals surface area contributed by atoms with E-state index < -0.39 is 0 Å². The van der Waals surface area contributed by atoms with Crippen molar-refractivity contribution in [1.82, 2.24) is 5.32 Å². The maximum absolute atomic E-state index is 11.9. The molecule has 1 aliphatic rings. The van der Waals surface area contributed by atoms with Crippen LogP contribution in [-0.4, -0.2) is 25.2 Å². The van der Waals surface area contributed by atoms with Gasteiger partial charge in [-0.3, -0.25) is 4.79 Å². The summed E-state index contributed by atoms with van der Waals surface area (Å²) in [6.45, 7) is 12.4. The fraction of sp³-hybridized carbons (Fsp3) is 0.941. The van der Waals surface area contributed by atoms with Crippen LogP contribution in [0.2, 0.25) is 0 Å². The smallest absolute Gasteiger partial charge is 0.320 e. The van der Waals surface area contributed by atoms with E-state index in [4.69, 9.17) is 4.74 Å². The zero-order valence-electron chi connectivity index (χ0n) is 13.9. The topological polar surface area (TPSA) is 38.3 Å². The van der Waals surface area contributed by atoms with E-state index in [1.165, 1.54) is 12.8 Å². The highest BCUT2D eigenvalue weighted by Gasteiger charge is 2.33. The van der Waals surface area contributed by atoms with Crippen molar-refractivity contribution in [2.24, 2.45) is 23.7 Å². The summed E-state index contributed by atoms with van der Waals surface area (Å²) >= 11 is 0. The highest BCUT2D eigenvalue weighted by molar-refractivity contribution is 5.71. The second kappa shape index (κ2) is 8.66. The first-order chi connectivity index (χ1) is 9.40. The molecule has 0 amide bonds. The molecule has 1 saturated carbocycles. The Bertz CT molecular complexity index is 289. The van der Waals surface area contributed by atoms with Crippen LogP contribution in [0.1, 0.15) is 60.3 Å².